The van der Waals surface area contributed by atoms with Gasteiger partial charge >= 0.3 is 0 Å². The van der Waals surface area contributed by atoms with Gasteiger partial charge in [0.25, 0.3) is 0 Å². The molecule has 5 rings (SSSR count). The van der Waals surface area contributed by atoms with Gasteiger partial charge in [0.15, 0.2) is 0 Å². The minimum Gasteiger partial charge on any atom is -0.355 e. The molecule has 0 saturated heterocycles. The Hall–Kier alpha value is -3.52. The fourth-order valence-electron chi connectivity index (χ4n) is 3.58. The summed E-state index contributed by atoms with van der Waals surface area (Å²) in [7, 11) is 0. The summed E-state index contributed by atoms with van der Waals surface area (Å²) in [5.74, 6) is 0. The molecular formula is C24H18N2. The number of hydrogen-bond donors (Lipinski definition) is 1. The van der Waals surface area contributed by atoms with Gasteiger partial charge in [-0.1, -0.05) is 54.6 Å². The van der Waals surface area contributed by atoms with Gasteiger partial charge in [0.1, 0.15) is 0 Å². The second-order valence-corrected chi connectivity index (χ2v) is 6.41. The normalized spacial score (nSPS) is 11.1. The summed E-state index contributed by atoms with van der Waals surface area (Å²) >= 11 is 0. The van der Waals surface area contributed by atoms with Gasteiger partial charge < -0.3 is 9.88 Å². The number of nitrogens with one attached hydrogen (secondary N) is 1. The molecule has 0 fully saturated rings. The van der Waals surface area contributed by atoms with E-state index in [1.54, 1.807) is 0 Å². The summed E-state index contributed by atoms with van der Waals surface area (Å²) in [5.41, 5.74) is 4.63. The van der Waals surface area contributed by atoms with Crippen molar-refractivity contribution in [3.63, 3.8) is 0 Å². The molecule has 0 spiro atoms. The van der Waals surface area contributed by atoms with E-state index >= 15 is 0 Å². The van der Waals surface area contributed by atoms with Crippen LogP contribution in [0, 0.1) is 0 Å². The maximum absolute atomic E-state index is 3.54. The first-order chi connectivity index (χ1) is 12.9. The minimum absolute atomic E-state index is 1.10. The van der Waals surface area contributed by atoms with Crippen LogP contribution in [0.25, 0.3) is 27.4 Å². The number of hydrogen-bond acceptors (Lipinski definition) is 1. The second-order valence-electron chi connectivity index (χ2n) is 6.41. The standard InChI is InChI=1S/C24H18N2/c1-3-8-18(9-4-1)25-23-13-7-12-20-21(23)14-15-24-22(20)16-17-26(24)19-10-5-2-6-11-19/h1-17,25H. The van der Waals surface area contributed by atoms with Gasteiger partial charge in [-0.15, -0.1) is 0 Å². The molecule has 26 heavy (non-hydrogen) atoms. The number of rotatable bonds is 3. The molecule has 4 aromatic carbocycles. The second kappa shape index (κ2) is 6.08. The summed E-state index contributed by atoms with van der Waals surface area (Å²) < 4.78 is 2.24. The average molecular weight is 334 g/mol. The zero-order valence-electron chi connectivity index (χ0n) is 14.3. The first kappa shape index (κ1) is 14.8. The van der Waals surface area contributed by atoms with Crippen molar-refractivity contribution in [3.8, 4) is 5.69 Å². The van der Waals surface area contributed by atoms with E-state index in [1.807, 2.05) is 24.3 Å². The number of fused-ring (bicyclic) bond motifs is 3. The van der Waals surface area contributed by atoms with Crippen LogP contribution in [-0.2, 0) is 0 Å². The monoisotopic (exact) mass is 334 g/mol. The molecule has 0 amide bonds. The molecule has 5 aromatic rings. The Balaban J connectivity index is 1.68. The molecule has 1 aromatic heterocycles. The number of benzene rings is 4. The first-order valence-electron chi connectivity index (χ1n) is 8.80. The molecule has 0 aliphatic carbocycles. The fourth-order valence-corrected chi connectivity index (χ4v) is 3.58. The summed E-state index contributed by atoms with van der Waals surface area (Å²) in [6.45, 7) is 0. The third-order valence-corrected chi connectivity index (χ3v) is 4.82. The number of anilines is 2. The Morgan fingerprint density at radius 2 is 1.31 bits per heavy atom. The van der Waals surface area contributed by atoms with Crippen molar-refractivity contribution in [1.29, 1.82) is 0 Å². The Bertz CT molecular complexity index is 1190. The van der Waals surface area contributed by atoms with Crippen LogP contribution >= 0.6 is 0 Å². The number of aromatic nitrogens is 1. The lowest BCUT2D eigenvalue weighted by Gasteiger charge is -2.11. The number of para-hydroxylation sites is 2. The predicted molar refractivity (Wildman–Crippen MR) is 111 cm³/mol. The van der Waals surface area contributed by atoms with Crippen molar-refractivity contribution in [2.24, 2.45) is 0 Å². The highest BCUT2D eigenvalue weighted by atomic mass is 15.0. The van der Waals surface area contributed by atoms with Crippen LogP contribution in [0.5, 0.6) is 0 Å². The van der Waals surface area contributed by atoms with Crippen molar-refractivity contribution < 1.29 is 0 Å². The maximum atomic E-state index is 3.54. The molecule has 0 radical (unpaired) electrons. The van der Waals surface area contributed by atoms with Crippen LogP contribution in [0.2, 0.25) is 0 Å². The van der Waals surface area contributed by atoms with Gasteiger partial charge in [-0.25, -0.2) is 0 Å². The molecule has 0 aliphatic heterocycles. The molecule has 2 heteroatoms. The maximum Gasteiger partial charge on any atom is 0.0534 e. The van der Waals surface area contributed by atoms with Crippen molar-refractivity contribution in [2.45, 2.75) is 0 Å². The largest absolute Gasteiger partial charge is 0.355 e. The number of nitrogens with zero attached hydrogens (tertiary/aromatic N) is 1. The summed E-state index contributed by atoms with van der Waals surface area (Å²) in [6, 6.07) is 33.8. The van der Waals surface area contributed by atoms with Gasteiger partial charge in [-0.2, -0.15) is 0 Å². The van der Waals surface area contributed by atoms with Gasteiger partial charge in [-0.05, 0) is 47.9 Å². The van der Waals surface area contributed by atoms with Gasteiger partial charge in [0, 0.05) is 34.0 Å². The molecule has 1 N–H and O–H groups in total. The highest BCUT2D eigenvalue weighted by Gasteiger charge is 2.09. The molecule has 2 nitrogen and oxygen atoms in total. The molecular weight excluding hydrogens is 316 g/mol. The average Bonchev–Trinajstić information content (AvgIpc) is 3.14. The summed E-state index contributed by atoms with van der Waals surface area (Å²) in [5, 5.41) is 7.30. The van der Waals surface area contributed by atoms with Crippen LogP contribution in [-0.4, -0.2) is 4.57 Å². The van der Waals surface area contributed by atoms with E-state index < -0.39 is 0 Å². The lowest BCUT2D eigenvalue weighted by Crippen LogP contribution is -1.93. The van der Waals surface area contributed by atoms with Gasteiger partial charge in [0.2, 0.25) is 0 Å². The summed E-state index contributed by atoms with van der Waals surface area (Å²) in [4.78, 5) is 0. The van der Waals surface area contributed by atoms with E-state index in [9.17, 15) is 0 Å². The molecule has 0 bridgehead atoms. The van der Waals surface area contributed by atoms with Crippen molar-refractivity contribution >= 4 is 33.1 Å². The molecule has 0 saturated carbocycles. The van der Waals surface area contributed by atoms with Crippen LogP contribution in [0.3, 0.4) is 0 Å². The van der Waals surface area contributed by atoms with E-state index in [-0.39, 0.29) is 0 Å². The zero-order valence-corrected chi connectivity index (χ0v) is 14.3. The molecule has 0 atom stereocenters. The minimum atomic E-state index is 1.10. The summed E-state index contributed by atoms with van der Waals surface area (Å²) in [6.07, 6.45) is 2.15. The molecule has 0 aliphatic rings. The van der Waals surface area contributed by atoms with Crippen LogP contribution in [0.1, 0.15) is 0 Å². The van der Waals surface area contributed by atoms with Crippen molar-refractivity contribution in [2.75, 3.05) is 5.32 Å². The third kappa shape index (κ3) is 2.44. The predicted octanol–water partition coefficient (Wildman–Crippen LogP) is 6.53. The highest BCUT2D eigenvalue weighted by molar-refractivity contribution is 6.11. The quantitative estimate of drug-likeness (QED) is 0.397. The van der Waals surface area contributed by atoms with E-state index in [2.05, 4.69) is 88.9 Å². The fraction of sp³-hybridized carbons (Fsp3) is 0. The molecule has 124 valence electrons. The smallest absolute Gasteiger partial charge is 0.0534 e. The van der Waals surface area contributed by atoms with Gasteiger partial charge in [0.05, 0.1) is 5.52 Å². The van der Waals surface area contributed by atoms with Crippen molar-refractivity contribution in [1.82, 2.24) is 4.57 Å². The van der Waals surface area contributed by atoms with E-state index in [0.717, 1.165) is 11.4 Å². The zero-order chi connectivity index (χ0) is 17.3. The van der Waals surface area contributed by atoms with Gasteiger partial charge in [-0.3, -0.25) is 0 Å². The lowest BCUT2D eigenvalue weighted by atomic mass is 10.0. The Morgan fingerprint density at radius 3 is 2.12 bits per heavy atom. The van der Waals surface area contributed by atoms with Crippen LogP contribution < -0.4 is 5.32 Å². The highest BCUT2D eigenvalue weighted by Crippen LogP contribution is 2.33. The SMILES string of the molecule is c1ccc(Nc2cccc3c2ccc2c3ccn2-c2ccccc2)cc1. The van der Waals surface area contributed by atoms with Crippen LogP contribution in [0.15, 0.2) is 103 Å². The topological polar surface area (TPSA) is 17.0 Å². The van der Waals surface area contributed by atoms with E-state index in [1.165, 1.54) is 27.4 Å². The first-order valence-corrected chi connectivity index (χ1v) is 8.80. The Kier molecular flexibility index (Phi) is 3.46. The Morgan fingerprint density at radius 1 is 0.538 bits per heavy atom. The van der Waals surface area contributed by atoms with E-state index in [0.29, 0.717) is 0 Å². The molecule has 0 unspecified atom stereocenters. The Labute approximate surface area is 152 Å². The van der Waals surface area contributed by atoms with Crippen molar-refractivity contribution in [3.05, 3.63) is 103 Å². The molecule has 1 heterocycles. The van der Waals surface area contributed by atoms with E-state index in [4.69, 9.17) is 0 Å². The lowest BCUT2D eigenvalue weighted by molar-refractivity contribution is 1.13. The van der Waals surface area contributed by atoms with Crippen LogP contribution in [0.4, 0.5) is 11.4 Å². The third-order valence-electron chi connectivity index (χ3n) is 4.82.